The first-order valence-electron chi connectivity index (χ1n) is 7.19. The van der Waals surface area contributed by atoms with Crippen LogP contribution in [-0.4, -0.2) is 36.9 Å². The number of benzene rings is 1. The first kappa shape index (κ1) is 15.1. The molecule has 1 unspecified atom stereocenters. The smallest absolute Gasteiger partial charge is 0.228 e. The van der Waals surface area contributed by atoms with Crippen LogP contribution in [0.1, 0.15) is 18.7 Å². The Morgan fingerprint density at radius 2 is 2.23 bits per heavy atom. The molecule has 1 N–H and O–H groups in total. The highest BCUT2D eigenvalue weighted by atomic mass is 35.5. The van der Waals surface area contributed by atoms with Crippen molar-refractivity contribution in [3.05, 3.63) is 23.0 Å². The normalized spacial score (nSPS) is 17.7. The molecule has 1 aliphatic heterocycles. The van der Waals surface area contributed by atoms with E-state index in [0.717, 1.165) is 24.9 Å². The van der Waals surface area contributed by atoms with Crippen molar-refractivity contribution < 1.29 is 14.0 Å². The maximum atomic E-state index is 6.21. The van der Waals surface area contributed by atoms with Gasteiger partial charge in [-0.1, -0.05) is 16.8 Å². The predicted molar refractivity (Wildman–Crippen MR) is 82.6 cm³/mol. The fourth-order valence-corrected chi connectivity index (χ4v) is 2.93. The second kappa shape index (κ2) is 6.54. The van der Waals surface area contributed by atoms with Gasteiger partial charge in [-0.3, -0.25) is 0 Å². The molecular formula is C15H18ClN3O3. The molecule has 1 aliphatic rings. The molecule has 1 aromatic heterocycles. The lowest BCUT2D eigenvalue weighted by Gasteiger charge is -2.10. The predicted octanol–water partition coefficient (Wildman–Crippen LogP) is 2.70. The molecule has 0 aliphatic carbocycles. The summed E-state index contributed by atoms with van der Waals surface area (Å²) >= 11 is 6.21. The Kier molecular flexibility index (Phi) is 4.49. The lowest BCUT2D eigenvalue weighted by molar-refractivity contribution is 0.355. The molecule has 1 atom stereocenters. The summed E-state index contributed by atoms with van der Waals surface area (Å²) in [4.78, 5) is 4.44. The zero-order valence-electron chi connectivity index (χ0n) is 12.6. The van der Waals surface area contributed by atoms with Crippen molar-refractivity contribution in [1.29, 1.82) is 0 Å². The van der Waals surface area contributed by atoms with Gasteiger partial charge in [0.25, 0.3) is 0 Å². The number of methoxy groups -OCH3 is 2. The van der Waals surface area contributed by atoms with Gasteiger partial charge in [0.15, 0.2) is 11.5 Å². The molecule has 2 aromatic rings. The molecule has 1 fully saturated rings. The van der Waals surface area contributed by atoms with Gasteiger partial charge in [-0.25, -0.2) is 0 Å². The van der Waals surface area contributed by atoms with Crippen LogP contribution in [0.25, 0.3) is 11.4 Å². The summed E-state index contributed by atoms with van der Waals surface area (Å²) in [5, 5.41) is 7.89. The number of ether oxygens (including phenoxy) is 2. The first-order chi connectivity index (χ1) is 10.7. The van der Waals surface area contributed by atoms with E-state index in [1.807, 2.05) is 0 Å². The second-order valence-electron chi connectivity index (χ2n) is 5.20. The maximum Gasteiger partial charge on any atom is 0.228 e. The summed E-state index contributed by atoms with van der Waals surface area (Å²) in [7, 11) is 3.11. The van der Waals surface area contributed by atoms with E-state index >= 15 is 0 Å². The molecule has 7 heteroatoms. The topological polar surface area (TPSA) is 69.4 Å². The Morgan fingerprint density at radius 1 is 1.36 bits per heavy atom. The molecule has 2 heterocycles. The zero-order chi connectivity index (χ0) is 15.5. The maximum absolute atomic E-state index is 6.21. The summed E-state index contributed by atoms with van der Waals surface area (Å²) < 4.78 is 15.8. The van der Waals surface area contributed by atoms with Crippen molar-refractivity contribution in [3.8, 4) is 22.9 Å². The van der Waals surface area contributed by atoms with E-state index in [1.165, 1.54) is 6.42 Å². The van der Waals surface area contributed by atoms with Gasteiger partial charge in [-0.05, 0) is 31.5 Å². The van der Waals surface area contributed by atoms with E-state index in [0.29, 0.717) is 34.3 Å². The number of halogens is 1. The molecule has 3 rings (SSSR count). The second-order valence-corrected chi connectivity index (χ2v) is 5.61. The summed E-state index contributed by atoms with van der Waals surface area (Å²) in [6.45, 7) is 1.05. The lowest BCUT2D eigenvalue weighted by Crippen LogP contribution is -2.23. The zero-order valence-corrected chi connectivity index (χ0v) is 13.3. The van der Waals surface area contributed by atoms with Crippen molar-refractivity contribution in [2.75, 3.05) is 20.8 Å². The molecule has 0 amide bonds. The minimum atomic E-state index is 0.419. The van der Waals surface area contributed by atoms with Gasteiger partial charge >= 0.3 is 0 Å². The molecule has 0 bridgehead atoms. The van der Waals surface area contributed by atoms with E-state index in [2.05, 4.69) is 15.5 Å². The highest BCUT2D eigenvalue weighted by molar-refractivity contribution is 6.32. The van der Waals surface area contributed by atoms with Crippen LogP contribution in [0.2, 0.25) is 5.02 Å². The molecule has 22 heavy (non-hydrogen) atoms. The molecular weight excluding hydrogens is 306 g/mol. The third-order valence-corrected chi connectivity index (χ3v) is 4.02. The van der Waals surface area contributed by atoms with Crippen LogP contribution in [0.15, 0.2) is 16.7 Å². The van der Waals surface area contributed by atoms with Crippen molar-refractivity contribution in [3.63, 3.8) is 0 Å². The fourth-order valence-electron chi connectivity index (χ4n) is 2.64. The van der Waals surface area contributed by atoms with Crippen molar-refractivity contribution in [1.82, 2.24) is 15.5 Å². The molecule has 0 spiro atoms. The summed E-state index contributed by atoms with van der Waals surface area (Å²) in [5.74, 6) is 2.15. The van der Waals surface area contributed by atoms with Gasteiger partial charge in [-0.2, -0.15) is 4.98 Å². The van der Waals surface area contributed by atoms with Gasteiger partial charge in [0.05, 0.1) is 19.2 Å². The largest absolute Gasteiger partial charge is 0.493 e. The minimum Gasteiger partial charge on any atom is -0.493 e. The number of hydrogen-bond acceptors (Lipinski definition) is 6. The van der Waals surface area contributed by atoms with E-state index in [9.17, 15) is 0 Å². The van der Waals surface area contributed by atoms with E-state index in [1.54, 1.807) is 26.4 Å². The van der Waals surface area contributed by atoms with Crippen LogP contribution in [0.3, 0.4) is 0 Å². The Morgan fingerprint density at radius 3 is 2.91 bits per heavy atom. The Labute approximate surface area is 133 Å². The van der Waals surface area contributed by atoms with E-state index in [4.69, 9.17) is 25.6 Å². The quantitative estimate of drug-likeness (QED) is 0.912. The lowest BCUT2D eigenvalue weighted by atomic mass is 10.1. The Bertz CT molecular complexity index is 653. The molecule has 0 radical (unpaired) electrons. The number of hydrogen-bond donors (Lipinski definition) is 1. The average molecular weight is 324 g/mol. The average Bonchev–Trinajstić information content (AvgIpc) is 3.18. The third kappa shape index (κ3) is 3.03. The number of nitrogens with one attached hydrogen (secondary N) is 1. The molecule has 6 nitrogen and oxygen atoms in total. The SMILES string of the molecule is COc1cc(-c2noc(CC3CCCN3)n2)cc(Cl)c1OC. The summed E-state index contributed by atoms with van der Waals surface area (Å²) in [6, 6.07) is 3.95. The molecule has 1 aromatic carbocycles. The summed E-state index contributed by atoms with van der Waals surface area (Å²) in [6.07, 6.45) is 3.07. The summed E-state index contributed by atoms with van der Waals surface area (Å²) in [5.41, 5.74) is 0.733. The van der Waals surface area contributed by atoms with Crippen molar-refractivity contribution in [2.24, 2.45) is 0 Å². The number of aromatic nitrogens is 2. The van der Waals surface area contributed by atoms with Crippen LogP contribution in [0, 0.1) is 0 Å². The molecule has 118 valence electrons. The van der Waals surface area contributed by atoms with Crippen molar-refractivity contribution >= 4 is 11.6 Å². The van der Waals surface area contributed by atoms with E-state index in [-0.39, 0.29) is 0 Å². The van der Waals surface area contributed by atoms with Gasteiger partial charge in [0, 0.05) is 18.0 Å². The third-order valence-electron chi connectivity index (χ3n) is 3.74. The Hall–Kier alpha value is -1.79. The fraction of sp³-hybridized carbons (Fsp3) is 0.467. The standard InChI is InChI=1S/C15H18ClN3O3/c1-20-12-7-9(6-11(16)14(12)21-2)15-18-13(22-19-15)8-10-4-3-5-17-10/h6-7,10,17H,3-5,8H2,1-2H3. The van der Waals surface area contributed by atoms with Crippen LogP contribution < -0.4 is 14.8 Å². The highest BCUT2D eigenvalue weighted by Gasteiger charge is 2.20. The van der Waals surface area contributed by atoms with Crippen molar-refractivity contribution in [2.45, 2.75) is 25.3 Å². The van der Waals surface area contributed by atoms with Gasteiger partial charge < -0.3 is 19.3 Å². The highest BCUT2D eigenvalue weighted by Crippen LogP contribution is 2.38. The minimum absolute atomic E-state index is 0.419. The van der Waals surface area contributed by atoms with Crippen LogP contribution >= 0.6 is 11.6 Å². The number of rotatable bonds is 5. The van der Waals surface area contributed by atoms with Crippen LogP contribution in [0.5, 0.6) is 11.5 Å². The molecule has 1 saturated heterocycles. The molecule has 0 saturated carbocycles. The van der Waals surface area contributed by atoms with Gasteiger partial charge in [0.1, 0.15) is 0 Å². The Balaban J connectivity index is 1.84. The van der Waals surface area contributed by atoms with E-state index < -0.39 is 0 Å². The first-order valence-corrected chi connectivity index (χ1v) is 7.57. The monoisotopic (exact) mass is 323 g/mol. The number of nitrogens with zero attached hydrogens (tertiary/aromatic N) is 2. The van der Waals surface area contributed by atoms with Crippen LogP contribution in [0.4, 0.5) is 0 Å². The van der Waals surface area contributed by atoms with Crippen LogP contribution in [-0.2, 0) is 6.42 Å². The van der Waals surface area contributed by atoms with Gasteiger partial charge in [-0.15, -0.1) is 0 Å². The van der Waals surface area contributed by atoms with Gasteiger partial charge in [0.2, 0.25) is 11.7 Å².